The molecule has 1 rings (SSSR count). The van der Waals surface area contributed by atoms with Gasteiger partial charge in [-0.25, -0.2) is 0 Å². The number of rotatable bonds is 8. The Hall–Kier alpha value is -0.840. The first kappa shape index (κ1) is 12.2. The average Bonchev–Trinajstić information content (AvgIpc) is 2.71. The van der Waals surface area contributed by atoms with E-state index in [9.17, 15) is 0 Å². The molecule has 1 N–H and O–H groups in total. The van der Waals surface area contributed by atoms with E-state index in [1.54, 1.807) is 13.4 Å². The van der Waals surface area contributed by atoms with Crippen LogP contribution in [0.4, 0.5) is 0 Å². The van der Waals surface area contributed by atoms with Crippen LogP contribution in [0.1, 0.15) is 12.7 Å². The summed E-state index contributed by atoms with van der Waals surface area (Å²) >= 11 is 0. The van der Waals surface area contributed by atoms with Crippen molar-refractivity contribution in [3.63, 3.8) is 0 Å². The van der Waals surface area contributed by atoms with Crippen molar-refractivity contribution in [2.24, 2.45) is 0 Å². The summed E-state index contributed by atoms with van der Waals surface area (Å²) in [6, 6.07) is 3.83. The van der Waals surface area contributed by atoms with Crippen molar-refractivity contribution in [1.82, 2.24) is 5.32 Å². The lowest BCUT2D eigenvalue weighted by atomic mass is 10.4. The van der Waals surface area contributed by atoms with Crippen LogP contribution in [0.15, 0.2) is 22.8 Å². The quantitative estimate of drug-likeness (QED) is 0.663. The summed E-state index contributed by atoms with van der Waals surface area (Å²) in [5, 5.41) is 3.25. The van der Waals surface area contributed by atoms with Crippen molar-refractivity contribution >= 4 is 0 Å². The molecule has 0 bridgehead atoms. The van der Waals surface area contributed by atoms with Crippen molar-refractivity contribution in [2.75, 3.05) is 26.9 Å². The number of methoxy groups -OCH3 is 1. The number of hydrogen-bond acceptors (Lipinski definition) is 4. The molecule has 0 aliphatic rings. The van der Waals surface area contributed by atoms with Crippen LogP contribution in [-0.2, 0) is 16.0 Å². The van der Waals surface area contributed by atoms with Gasteiger partial charge in [-0.1, -0.05) is 0 Å². The second-order valence-corrected chi connectivity index (χ2v) is 3.38. The Bertz CT molecular complexity index is 236. The number of nitrogens with one attached hydrogen (secondary N) is 1. The van der Waals surface area contributed by atoms with Crippen LogP contribution in [0.3, 0.4) is 0 Å². The highest BCUT2D eigenvalue weighted by Crippen LogP contribution is 1.98. The Balaban J connectivity index is 1.99. The van der Waals surface area contributed by atoms with E-state index >= 15 is 0 Å². The Morgan fingerprint density at radius 2 is 2.33 bits per heavy atom. The zero-order valence-electron chi connectivity index (χ0n) is 9.36. The fourth-order valence-corrected chi connectivity index (χ4v) is 1.20. The van der Waals surface area contributed by atoms with Gasteiger partial charge in [0.15, 0.2) is 0 Å². The summed E-state index contributed by atoms with van der Waals surface area (Å²) in [5.41, 5.74) is 0. The second-order valence-electron chi connectivity index (χ2n) is 3.38. The molecule has 1 aromatic rings. The maximum atomic E-state index is 5.48. The molecule has 1 atom stereocenters. The molecule has 4 nitrogen and oxygen atoms in total. The first-order valence-corrected chi connectivity index (χ1v) is 5.16. The molecule has 0 saturated heterocycles. The second kappa shape index (κ2) is 7.45. The van der Waals surface area contributed by atoms with E-state index in [0.717, 1.165) is 18.8 Å². The van der Waals surface area contributed by atoms with Crippen molar-refractivity contribution in [3.8, 4) is 0 Å². The molecule has 0 amide bonds. The minimum absolute atomic E-state index is 0.190. The standard InChI is InChI=1S/C11H19NO3/c1-10(14-7-6-13-2)8-12-9-11-4-3-5-15-11/h3-5,10,12H,6-9H2,1-2H3. The van der Waals surface area contributed by atoms with Gasteiger partial charge in [0.05, 0.1) is 32.1 Å². The third-order valence-electron chi connectivity index (χ3n) is 2.00. The molecule has 4 heteroatoms. The highest BCUT2D eigenvalue weighted by molar-refractivity contribution is 4.97. The molecule has 0 aliphatic carbocycles. The van der Waals surface area contributed by atoms with Crippen LogP contribution in [0.25, 0.3) is 0 Å². The smallest absolute Gasteiger partial charge is 0.117 e. The van der Waals surface area contributed by atoms with Crippen LogP contribution >= 0.6 is 0 Å². The minimum Gasteiger partial charge on any atom is -0.468 e. The Labute approximate surface area is 90.6 Å². The van der Waals surface area contributed by atoms with E-state index in [1.807, 2.05) is 19.1 Å². The van der Waals surface area contributed by atoms with Gasteiger partial charge in [-0.05, 0) is 19.1 Å². The number of furan rings is 1. The molecule has 1 heterocycles. The summed E-state index contributed by atoms with van der Waals surface area (Å²) < 4.78 is 15.6. The monoisotopic (exact) mass is 213 g/mol. The molecule has 1 unspecified atom stereocenters. The molecule has 0 saturated carbocycles. The van der Waals surface area contributed by atoms with Crippen LogP contribution in [0.5, 0.6) is 0 Å². The van der Waals surface area contributed by atoms with Crippen LogP contribution in [0, 0.1) is 0 Å². The topological polar surface area (TPSA) is 43.6 Å². The lowest BCUT2D eigenvalue weighted by Gasteiger charge is -2.12. The number of ether oxygens (including phenoxy) is 2. The van der Waals surface area contributed by atoms with Gasteiger partial charge < -0.3 is 19.2 Å². The van der Waals surface area contributed by atoms with E-state index in [-0.39, 0.29) is 6.10 Å². The van der Waals surface area contributed by atoms with Gasteiger partial charge in [0.1, 0.15) is 5.76 Å². The molecule has 15 heavy (non-hydrogen) atoms. The van der Waals surface area contributed by atoms with Crippen LogP contribution in [0.2, 0.25) is 0 Å². The lowest BCUT2D eigenvalue weighted by molar-refractivity contribution is 0.0264. The maximum absolute atomic E-state index is 5.48. The molecule has 0 aromatic carbocycles. The molecule has 0 fully saturated rings. The van der Waals surface area contributed by atoms with Crippen molar-refractivity contribution in [3.05, 3.63) is 24.2 Å². The molecule has 1 aromatic heterocycles. The third-order valence-corrected chi connectivity index (χ3v) is 2.00. The van der Waals surface area contributed by atoms with Crippen LogP contribution in [-0.4, -0.2) is 33.0 Å². The Morgan fingerprint density at radius 3 is 3.00 bits per heavy atom. The molecular weight excluding hydrogens is 194 g/mol. The first-order valence-electron chi connectivity index (χ1n) is 5.16. The summed E-state index contributed by atoms with van der Waals surface area (Å²) in [7, 11) is 1.67. The lowest BCUT2D eigenvalue weighted by Crippen LogP contribution is -2.27. The van der Waals surface area contributed by atoms with Gasteiger partial charge in [0.2, 0.25) is 0 Å². The van der Waals surface area contributed by atoms with E-state index in [0.29, 0.717) is 13.2 Å². The van der Waals surface area contributed by atoms with Gasteiger partial charge in [0.25, 0.3) is 0 Å². The highest BCUT2D eigenvalue weighted by Gasteiger charge is 2.01. The van der Waals surface area contributed by atoms with Gasteiger partial charge in [0, 0.05) is 13.7 Å². The predicted octanol–water partition coefficient (Wildman–Crippen LogP) is 1.42. The van der Waals surface area contributed by atoms with E-state index in [2.05, 4.69) is 5.32 Å². The largest absolute Gasteiger partial charge is 0.468 e. The molecule has 86 valence electrons. The summed E-state index contributed by atoms with van der Waals surface area (Å²) in [6.45, 7) is 4.86. The van der Waals surface area contributed by atoms with E-state index < -0.39 is 0 Å². The summed E-state index contributed by atoms with van der Waals surface area (Å²) in [4.78, 5) is 0. The minimum atomic E-state index is 0.190. The normalized spacial score (nSPS) is 12.9. The summed E-state index contributed by atoms with van der Waals surface area (Å²) in [5.74, 6) is 0.944. The van der Waals surface area contributed by atoms with Gasteiger partial charge >= 0.3 is 0 Å². The van der Waals surface area contributed by atoms with E-state index in [1.165, 1.54) is 0 Å². The first-order chi connectivity index (χ1) is 7.33. The van der Waals surface area contributed by atoms with Crippen LogP contribution < -0.4 is 5.32 Å². The van der Waals surface area contributed by atoms with Gasteiger partial charge in [-0.3, -0.25) is 0 Å². The average molecular weight is 213 g/mol. The molecule has 0 spiro atoms. The zero-order valence-corrected chi connectivity index (χ0v) is 9.36. The SMILES string of the molecule is COCCOC(C)CNCc1ccco1. The van der Waals surface area contributed by atoms with E-state index in [4.69, 9.17) is 13.9 Å². The Morgan fingerprint density at radius 1 is 1.47 bits per heavy atom. The molecule has 0 aliphatic heterocycles. The number of hydrogen-bond donors (Lipinski definition) is 1. The van der Waals surface area contributed by atoms with Crippen molar-refractivity contribution in [1.29, 1.82) is 0 Å². The molecule has 0 radical (unpaired) electrons. The predicted molar refractivity (Wildman–Crippen MR) is 57.7 cm³/mol. The van der Waals surface area contributed by atoms with Gasteiger partial charge in [-0.15, -0.1) is 0 Å². The molecular formula is C11H19NO3. The third kappa shape index (κ3) is 5.57. The maximum Gasteiger partial charge on any atom is 0.117 e. The fraction of sp³-hybridized carbons (Fsp3) is 0.636. The Kier molecular flexibility index (Phi) is 6.08. The fourth-order valence-electron chi connectivity index (χ4n) is 1.20. The van der Waals surface area contributed by atoms with Gasteiger partial charge in [-0.2, -0.15) is 0 Å². The zero-order chi connectivity index (χ0) is 10.9. The van der Waals surface area contributed by atoms with Crippen molar-refractivity contribution < 1.29 is 13.9 Å². The van der Waals surface area contributed by atoms with Crippen molar-refractivity contribution in [2.45, 2.75) is 19.6 Å². The highest BCUT2D eigenvalue weighted by atomic mass is 16.5. The summed E-state index contributed by atoms with van der Waals surface area (Å²) in [6.07, 6.45) is 1.87.